The fourth-order valence-electron chi connectivity index (χ4n) is 3.74. The van der Waals surface area contributed by atoms with Crippen molar-refractivity contribution in [3.63, 3.8) is 0 Å². The number of hydrogen-bond acceptors (Lipinski definition) is 2. The molecular formula is C18H30N2. The standard InChI is InChI=1S/C18H30N2/c1-13-11-14(2)16(4)17(15(13)3)18(5,6)12-20-9-7-19-8-10-20/h11,19H,7-10,12H2,1-6H3. The van der Waals surface area contributed by atoms with Crippen molar-refractivity contribution in [2.75, 3.05) is 32.7 Å². The first kappa shape index (κ1) is 15.5. The molecule has 0 atom stereocenters. The van der Waals surface area contributed by atoms with Crippen molar-refractivity contribution in [2.24, 2.45) is 0 Å². The molecule has 0 spiro atoms. The van der Waals surface area contributed by atoms with E-state index in [2.05, 4.69) is 57.8 Å². The number of benzene rings is 1. The molecule has 112 valence electrons. The SMILES string of the molecule is Cc1cc(C)c(C)c(C(C)(C)CN2CCNCC2)c1C. The van der Waals surface area contributed by atoms with Crippen molar-refractivity contribution in [3.8, 4) is 0 Å². The fourth-order valence-corrected chi connectivity index (χ4v) is 3.74. The lowest BCUT2D eigenvalue weighted by Gasteiger charge is -2.37. The molecule has 2 nitrogen and oxygen atoms in total. The highest BCUT2D eigenvalue weighted by molar-refractivity contribution is 5.47. The van der Waals surface area contributed by atoms with E-state index in [1.54, 1.807) is 5.56 Å². The number of piperazine rings is 1. The topological polar surface area (TPSA) is 15.3 Å². The molecule has 0 aromatic heterocycles. The predicted molar refractivity (Wildman–Crippen MR) is 87.7 cm³/mol. The molecule has 1 fully saturated rings. The van der Waals surface area contributed by atoms with E-state index < -0.39 is 0 Å². The van der Waals surface area contributed by atoms with E-state index >= 15 is 0 Å². The van der Waals surface area contributed by atoms with E-state index in [1.165, 1.54) is 35.3 Å². The van der Waals surface area contributed by atoms with Crippen LogP contribution in [0.25, 0.3) is 0 Å². The van der Waals surface area contributed by atoms with Crippen molar-refractivity contribution in [2.45, 2.75) is 47.0 Å². The molecule has 20 heavy (non-hydrogen) atoms. The largest absolute Gasteiger partial charge is 0.314 e. The molecule has 1 aromatic rings. The van der Waals surface area contributed by atoms with E-state index in [9.17, 15) is 0 Å². The van der Waals surface area contributed by atoms with Gasteiger partial charge in [0.05, 0.1) is 0 Å². The molecular weight excluding hydrogens is 244 g/mol. The second-order valence-corrected chi connectivity index (χ2v) is 7.05. The summed E-state index contributed by atoms with van der Waals surface area (Å²) in [6.45, 7) is 19.6. The molecule has 1 saturated heterocycles. The van der Waals surface area contributed by atoms with Crippen LogP contribution in [0.1, 0.15) is 41.7 Å². The normalized spacial score (nSPS) is 17.5. The number of hydrogen-bond donors (Lipinski definition) is 1. The first-order chi connectivity index (χ1) is 9.33. The Morgan fingerprint density at radius 1 is 1.00 bits per heavy atom. The summed E-state index contributed by atoms with van der Waals surface area (Å²) in [7, 11) is 0. The summed E-state index contributed by atoms with van der Waals surface area (Å²) in [5, 5.41) is 3.44. The van der Waals surface area contributed by atoms with Gasteiger partial charge in [-0.25, -0.2) is 0 Å². The van der Waals surface area contributed by atoms with E-state index in [0.29, 0.717) is 0 Å². The number of rotatable bonds is 3. The molecule has 1 aromatic carbocycles. The average Bonchev–Trinajstić information content (AvgIpc) is 2.37. The van der Waals surface area contributed by atoms with Gasteiger partial charge in [-0.3, -0.25) is 4.90 Å². The summed E-state index contributed by atoms with van der Waals surface area (Å²) in [6.07, 6.45) is 0. The van der Waals surface area contributed by atoms with Gasteiger partial charge in [-0.2, -0.15) is 0 Å². The van der Waals surface area contributed by atoms with Gasteiger partial charge in [0.2, 0.25) is 0 Å². The van der Waals surface area contributed by atoms with Crippen LogP contribution in [0.2, 0.25) is 0 Å². The zero-order valence-electron chi connectivity index (χ0n) is 14.1. The Labute approximate surface area is 124 Å². The summed E-state index contributed by atoms with van der Waals surface area (Å²) in [4.78, 5) is 2.60. The molecule has 0 unspecified atom stereocenters. The van der Waals surface area contributed by atoms with Crippen molar-refractivity contribution >= 4 is 0 Å². The molecule has 1 heterocycles. The van der Waals surface area contributed by atoms with Gasteiger partial charge in [0.15, 0.2) is 0 Å². The highest BCUT2D eigenvalue weighted by Gasteiger charge is 2.28. The van der Waals surface area contributed by atoms with Crippen molar-refractivity contribution in [3.05, 3.63) is 33.9 Å². The minimum atomic E-state index is 0.211. The molecule has 1 aliphatic rings. The first-order valence-electron chi connectivity index (χ1n) is 7.84. The van der Waals surface area contributed by atoms with Crippen LogP contribution < -0.4 is 5.32 Å². The smallest absolute Gasteiger partial charge is 0.0108 e. The van der Waals surface area contributed by atoms with Gasteiger partial charge in [0.25, 0.3) is 0 Å². The first-order valence-corrected chi connectivity index (χ1v) is 7.84. The van der Waals surface area contributed by atoms with Crippen molar-refractivity contribution in [1.29, 1.82) is 0 Å². The summed E-state index contributed by atoms with van der Waals surface area (Å²) < 4.78 is 0. The Bertz CT molecular complexity index is 456. The average molecular weight is 274 g/mol. The van der Waals surface area contributed by atoms with Crippen LogP contribution in [0.3, 0.4) is 0 Å². The van der Waals surface area contributed by atoms with Crippen molar-refractivity contribution in [1.82, 2.24) is 10.2 Å². The second-order valence-electron chi connectivity index (χ2n) is 7.05. The van der Waals surface area contributed by atoms with Crippen LogP contribution in [0.15, 0.2) is 6.07 Å². The minimum Gasteiger partial charge on any atom is -0.314 e. The van der Waals surface area contributed by atoms with Gasteiger partial charge in [-0.05, 0) is 55.5 Å². The van der Waals surface area contributed by atoms with Gasteiger partial charge in [-0.1, -0.05) is 19.9 Å². The van der Waals surface area contributed by atoms with E-state index in [1.807, 2.05) is 0 Å². The lowest BCUT2D eigenvalue weighted by Crippen LogP contribution is -2.48. The second kappa shape index (κ2) is 5.87. The minimum absolute atomic E-state index is 0.211. The van der Waals surface area contributed by atoms with E-state index in [0.717, 1.165) is 19.6 Å². The number of nitrogens with zero attached hydrogens (tertiary/aromatic N) is 1. The third-order valence-corrected chi connectivity index (χ3v) is 4.87. The van der Waals surface area contributed by atoms with Gasteiger partial charge < -0.3 is 5.32 Å². The molecule has 0 radical (unpaired) electrons. The molecule has 1 N–H and O–H groups in total. The maximum absolute atomic E-state index is 3.44. The summed E-state index contributed by atoms with van der Waals surface area (Å²) in [5.41, 5.74) is 7.59. The van der Waals surface area contributed by atoms with Gasteiger partial charge >= 0.3 is 0 Å². The Balaban J connectivity index is 2.33. The maximum Gasteiger partial charge on any atom is 0.0108 e. The quantitative estimate of drug-likeness (QED) is 0.911. The summed E-state index contributed by atoms with van der Waals surface area (Å²) in [5.74, 6) is 0. The predicted octanol–water partition coefficient (Wildman–Crippen LogP) is 3.10. The molecule has 2 rings (SSSR count). The Kier molecular flexibility index (Phi) is 4.55. The molecule has 2 heteroatoms. The Morgan fingerprint density at radius 3 is 2.00 bits per heavy atom. The highest BCUT2D eigenvalue weighted by Crippen LogP contribution is 2.33. The van der Waals surface area contributed by atoms with Crippen LogP contribution in [0.5, 0.6) is 0 Å². The van der Waals surface area contributed by atoms with Gasteiger partial charge in [0, 0.05) is 38.1 Å². The van der Waals surface area contributed by atoms with Crippen LogP contribution in [-0.4, -0.2) is 37.6 Å². The third-order valence-electron chi connectivity index (χ3n) is 4.87. The van der Waals surface area contributed by atoms with Crippen LogP contribution in [-0.2, 0) is 5.41 Å². The molecule has 0 saturated carbocycles. The van der Waals surface area contributed by atoms with Crippen molar-refractivity contribution < 1.29 is 0 Å². The third kappa shape index (κ3) is 3.07. The zero-order valence-corrected chi connectivity index (χ0v) is 14.1. The molecule has 0 aliphatic carbocycles. The highest BCUT2D eigenvalue weighted by atomic mass is 15.2. The fraction of sp³-hybridized carbons (Fsp3) is 0.667. The lowest BCUT2D eigenvalue weighted by atomic mass is 9.76. The summed E-state index contributed by atoms with van der Waals surface area (Å²) in [6, 6.07) is 2.33. The van der Waals surface area contributed by atoms with Crippen LogP contribution >= 0.6 is 0 Å². The van der Waals surface area contributed by atoms with Gasteiger partial charge in [0.1, 0.15) is 0 Å². The van der Waals surface area contributed by atoms with E-state index in [-0.39, 0.29) is 5.41 Å². The molecule has 0 amide bonds. The van der Waals surface area contributed by atoms with Crippen LogP contribution in [0, 0.1) is 27.7 Å². The Morgan fingerprint density at radius 2 is 1.50 bits per heavy atom. The number of aryl methyl sites for hydroxylation is 2. The van der Waals surface area contributed by atoms with Gasteiger partial charge in [-0.15, -0.1) is 0 Å². The zero-order chi connectivity index (χ0) is 14.9. The number of nitrogens with one attached hydrogen (secondary N) is 1. The monoisotopic (exact) mass is 274 g/mol. The summed E-state index contributed by atoms with van der Waals surface area (Å²) >= 11 is 0. The lowest BCUT2D eigenvalue weighted by molar-refractivity contribution is 0.199. The molecule has 1 aliphatic heterocycles. The molecule has 0 bridgehead atoms. The Hall–Kier alpha value is -0.860. The van der Waals surface area contributed by atoms with Crippen LogP contribution in [0.4, 0.5) is 0 Å². The van der Waals surface area contributed by atoms with E-state index in [4.69, 9.17) is 0 Å². The maximum atomic E-state index is 3.44.